The van der Waals surface area contributed by atoms with Crippen molar-refractivity contribution in [3.63, 3.8) is 0 Å². The van der Waals surface area contributed by atoms with E-state index in [0.29, 0.717) is 47.3 Å². The molecule has 2 atom stereocenters. The van der Waals surface area contributed by atoms with E-state index in [0.717, 1.165) is 85.1 Å². The number of nitrogens with one attached hydrogen (secondary N) is 1. The summed E-state index contributed by atoms with van der Waals surface area (Å²) in [5, 5.41) is 4.70. The first-order valence-electron chi connectivity index (χ1n) is 26.8. The third-order valence-electron chi connectivity index (χ3n) is 14.4. The van der Waals surface area contributed by atoms with Gasteiger partial charge in [0, 0.05) is 122 Å². The zero-order chi connectivity index (χ0) is 55.8. The summed E-state index contributed by atoms with van der Waals surface area (Å²) in [5.74, 6) is -0.797. The van der Waals surface area contributed by atoms with Crippen molar-refractivity contribution in [2.24, 2.45) is 0 Å². The van der Waals surface area contributed by atoms with Crippen LogP contribution in [0.1, 0.15) is 75.5 Å². The minimum absolute atomic E-state index is 0.00183. The van der Waals surface area contributed by atoms with Crippen LogP contribution in [-0.2, 0) is 51.8 Å². The van der Waals surface area contributed by atoms with Gasteiger partial charge in [-0.3, -0.25) is 48.8 Å². The van der Waals surface area contributed by atoms with Crippen molar-refractivity contribution in [1.82, 2.24) is 39.3 Å². The molecule has 0 amide bonds. The lowest BCUT2D eigenvalue weighted by Crippen LogP contribution is -2.48. The first kappa shape index (κ1) is 56.8. The first-order chi connectivity index (χ1) is 38.3. The Kier molecular flexibility index (Phi) is 19.6. The van der Waals surface area contributed by atoms with Crippen LogP contribution in [0.15, 0.2) is 144 Å². The summed E-state index contributed by atoms with van der Waals surface area (Å²) in [6, 6.07) is 31.9. The fraction of sp³-hybridized carbons (Fsp3) is 0.339. The molecule has 8 aromatic rings. The number of carbonyl (C=O) groups is 3. The average molecular weight is 1070 g/mol. The van der Waals surface area contributed by atoms with Gasteiger partial charge in [0.25, 0.3) is 0 Å². The predicted octanol–water partition coefficient (Wildman–Crippen LogP) is 8.09. The molecule has 1 N–H and O–H groups in total. The second kappa shape index (κ2) is 27.3. The van der Waals surface area contributed by atoms with Gasteiger partial charge in [0.2, 0.25) is 0 Å². The number of anilines is 2. The summed E-state index contributed by atoms with van der Waals surface area (Å²) in [6.45, 7) is 14.1. The van der Waals surface area contributed by atoms with E-state index >= 15 is 0 Å². The van der Waals surface area contributed by atoms with Crippen LogP contribution < -0.4 is 26.0 Å². The van der Waals surface area contributed by atoms with Gasteiger partial charge in [-0.05, 0) is 137 Å². The Hall–Kier alpha value is -8.41. The van der Waals surface area contributed by atoms with Crippen LogP contribution in [0, 0.1) is 27.7 Å². The molecular weight excluding hydrogens is 997 g/mol. The highest BCUT2D eigenvalue weighted by molar-refractivity contribution is 5.87. The van der Waals surface area contributed by atoms with E-state index in [1.165, 1.54) is 49.1 Å². The SMILES string of the molecule is COC(=O)Cn1cc(C=O)c(=O)c2ccccc21.COC(=O)Cn1cc(CN(Cc2ccnc(C)c2)[C@H]2CCCN(c3ccc(C)nc3)C2)c(=O)c2ccccc21.Cc1ccc(N2CCC[C@H](NCc3ccnc(C)c3)C2)cn1. The van der Waals surface area contributed by atoms with Crippen molar-refractivity contribution in [2.75, 3.05) is 50.2 Å². The summed E-state index contributed by atoms with van der Waals surface area (Å²) in [7, 11) is 2.67. The fourth-order valence-electron chi connectivity index (χ4n) is 10.2. The fourth-order valence-corrected chi connectivity index (χ4v) is 10.2. The van der Waals surface area contributed by atoms with E-state index in [9.17, 15) is 24.0 Å². The van der Waals surface area contributed by atoms with Crippen LogP contribution in [0.5, 0.6) is 0 Å². The number of ether oxygens (including phenoxy) is 2. The number of piperidine rings is 2. The number of hydrogen-bond donors (Lipinski definition) is 1. The third kappa shape index (κ3) is 15.2. The Morgan fingerprint density at radius 3 is 1.75 bits per heavy atom. The van der Waals surface area contributed by atoms with Gasteiger partial charge in [0.05, 0.1) is 54.6 Å². The summed E-state index contributed by atoms with van der Waals surface area (Å²) in [4.78, 5) is 84.7. The number of aryl methyl sites for hydroxylation is 4. The average Bonchev–Trinajstić information content (AvgIpc) is 3.55. The number of methoxy groups -OCH3 is 2. The van der Waals surface area contributed by atoms with Gasteiger partial charge >= 0.3 is 11.9 Å². The number of fused-ring (bicyclic) bond motifs is 2. The highest BCUT2D eigenvalue weighted by Crippen LogP contribution is 2.26. The minimum Gasteiger partial charge on any atom is -0.468 e. The molecule has 0 bridgehead atoms. The number of pyridine rings is 6. The molecule has 0 unspecified atom stereocenters. The molecule has 0 spiro atoms. The molecule has 17 heteroatoms. The number of aldehydes is 1. The maximum Gasteiger partial charge on any atom is 0.325 e. The van der Waals surface area contributed by atoms with Crippen molar-refractivity contribution < 1.29 is 23.9 Å². The largest absolute Gasteiger partial charge is 0.468 e. The van der Waals surface area contributed by atoms with Crippen molar-refractivity contribution in [3.8, 4) is 0 Å². The van der Waals surface area contributed by atoms with E-state index < -0.39 is 5.97 Å². The molecular formula is C62H70N10O7. The van der Waals surface area contributed by atoms with E-state index in [2.05, 4.69) is 87.2 Å². The quantitative estimate of drug-likeness (QED) is 0.0766. The van der Waals surface area contributed by atoms with Crippen LogP contribution >= 0.6 is 0 Å². The lowest BCUT2D eigenvalue weighted by atomic mass is 10.0. The molecule has 0 aliphatic carbocycles. The van der Waals surface area contributed by atoms with Crippen LogP contribution in [-0.4, -0.2) is 105 Å². The van der Waals surface area contributed by atoms with Crippen LogP contribution in [0.2, 0.25) is 0 Å². The molecule has 2 fully saturated rings. The summed E-state index contributed by atoms with van der Waals surface area (Å²) in [5.41, 5.74) is 10.6. The van der Waals surface area contributed by atoms with Gasteiger partial charge in [-0.1, -0.05) is 24.3 Å². The number of para-hydroxylation sites is 2. The molecule has 10 rings (SSSR count). The molecule has 0 saturated carbocycles. The summed E-state index contributed by atoms with van der Waals surface area (Å²) < 4.78 is 12.9. The van der Waals surface area contributed by atoms with E-state index in [-0.39, 0.29) is 41.5 Å². The molecule has 2 aliphatic heterocycles. The van der Waals surface area contributed by atoms with E-state index in [1.54, 1.807) is 24.3 Å². The molecule has 2 saturated heterocycles. The topological polar surface area (TPSA) is 187 Å². The molecule has 2 aliphatic rings. The molecule has 2 aromatic carbocycles. The standard InChI is InChI=1S/C31H35N5O3.C18H24N4.C13H11NO4/c1-22-10-11-26(16-33-22)34-14-6-7-27(20-34)35(17-24-12-13-32-23(2)15-24)18-25-19-36(21-30(37)39-3)29-9-5-4-8-28(29)31(25)38;1-14-5-6-18(12-20-14)22-9-3-4-17(13-22)21-11-16-7-8-19-15(2)10-16;1-18-12(16)7-14-6-9(8-15)13(17)10-4-2-3-5-11(10)14/h4-5,8-13,15-16,19,27H,6-7,14,17-18,20-21H2,1-3H3;5-8,10,12,17,21H,3-4,9,11,13H2,1-2H3;2-6,8H,7H2,1H3/t27-;17-;/m00./s1. The Morgan fingerprint density at radius 2 is 1.18 bits per heavy atom. The van der Waals surface area contributed by atoms with Crippen molar-refractivity contribution >= 4 is 51.4 Å². The number of esters is 2. The van der Waals surface area contributed by atoms with Gasteiger partial charge in [-0.2, -0.15) is 0 Å². The lowest BCUT2D eigenvalue weighted by Gasteiger charge is -2.40. The number of benzene rings is 2. The lowest BCUT2D eigenvalue weighted by molar-refractivity contribution is -0.142. The maximum atomic E-state index is 13.7. The smallest absolute Gasteiger partial charge is 0.325 e. The number of nitrogens with zero attached hydrogens (tertiary/aromatic N) is 9. The number of aromatic nitrogens is 6. The van der Waals surface area contributed by atoms with Gasteiger partial charge in [0.1, 0.15) is 13.1 Å². The Bertz CT molecular complexity index is 3490. The normalized spacial score (nSPS) is 15.2. The third-order valence-corrected chi connectivity index (χ3v) is 14.4. The van der Waals surface area contributed by atoms with Gasteiger partial charge in [0.15, 0.2) is 17.1 Å². The van der Waals surface area contributed by atoms with Gasteiger partial charge < -0.3 is 33.7 Å². The minimum atomic E-state index is -0.444. The molecule has 17 nitrogen and oxygen atoms in total. The zero-order valence-corrected chi connectivity index (χ0v) is 46.0. The van der Waals surface area contributed by atoms with Gasteiger partial charge in [-0.15, -0.1) is 0 Å². The molecule has 79 heavy (non-hydrogen) atoms. The van der Waals surface area contributed by atoms with Crippen LogP contribution in [0.4, 0.5) is 11.4 Å². The zero-order valence-electron chi connectivity index (χ0n) is 46.0. The monoisotopic (exact) mass is 1070 g/mol. The second-order valence-electron chi connectivity index (χ2n) is 20.2. The predicted molar refractivity (Wildman–Crippen MR) is 308 cm³/mol. The van der Waals surface area contributed by atoms with Crippen molar-refractivity contribution in [2.45, 2.75) is 98.2 Å². The summed E-state index contributed by atoms with van der Waals surface area (Å²) >= 11 is 0. The highest BCUT2D eigenvalue weighted by atomic mass is 16.5. The molecule has 410 valence electrons. The highest BCUT2D eigenvalue weighted by Gasteiger charge is 2.28. The maximum absolute atomic E-state index is 13.7. The number of carbonyl (C=O) groups excluding carboxylic acids is 3. The Labute approximate surface area is 460 Å². The Balaban J connectivity index is 0.000000173. The molecule has 6 aromatic heterocycles. The summed E-state index contributed by atoms with van der Waals surface area (Å²) in [6.07, 6.45) is 15.9. The molecule has 0 radical (unpaired) electrons. The first-order valence-corrected chi connectivity index (χ1v) is 26.8. The molecule has 8 heterocycles. The van der Waals surface area contributed by atoms with Crippen molar-refractivity contribution in [3.05, 3.63) is 200 Å². The number of hydrogen-bond acceptors (Lipinski definition) is 15. The van der Waals surface area contributed by atoms with E-state index in [4.69, 9.17) is 4.74 Å². The number of rotatable bonds is 15. The van der Waals surface area contributed by atoms with Crippen LogP contribution in [0.3, 0.4) is 0 Å². The Morgan fingerprint density at radius 1 is 0.633 bits per heavy atom. The second-order valence-corrected chi connectivity index (χ2v) is 20.2. The van der Waals surface area contributed by atoms with Crippen molar-refractivity contribution in [1.29, 1.82) is 0 Å². The van der Waals surface area contributed by atoms with Crippen LogP contribution in [0.25, 0.3) is 21.8 Å². The van der Waals surface area contributed by atoms with E-state index in [1.807, 2.05) is 93.6 Å². The van der Waals surface area contributed by atoms with Gasteiger partial charge in [-0.25, -0.2) is 0 Å².